The lowest BCUT2D eigenvalue weighted by molar-refractivity contribution is 0.127. The average molecular weight is 205 g/mol. The van der Waals surface area contributed by atoms with Crippen LogP contribution in [0.15, 0.2) is 24.5 Å². The normalized spacial score (nSPS) is 11.5. The van der Waals surface area contributed by atoms with E-state index in [4.69, 9.17) is 5.11 Å². The van der Waals surface area contributed by atoms with Crippen LogP contribution in [0.5, 0.6) is 0 Å². The van der Waals surface area contributed by atoms with Crippen LogP contribution in [0.2, 0.25) is 0 Å². The van der Waals surface area contributed by atoms with Crippen molar-refractivity contribution in [1.29, 1.82) is 0 Å². The zero-order valence-electron chi connectivity index (χ0n) is 9.01. The van der Waals surface area contributed by atoms with Gasteiger partial charge in [0.2, 0.25) is 0 Å². The number of fused-ring (bicyclic) bond motifs is 1. The van der Waals surface area contributed by atoms with E-state index in [1.54, 1.807) is 0 Å². The number of aromatic nitrogens is 2. The van der Waals surface area contributed by atoms with E-state index in [2.05, 4.69) is 23.2 Å². The van der Waals surface area contributed by atoms with Crippen molar-refractivity contribution in [1.82, 2.24) is 14.5 Å². The topological polar surface area (TPSA) is 41.3 Å². The third kappa shape index (κ3) is 2.00. The van der Waals surface area contributed by atoms with Crippen LogP contribution in [0.4, 0.5) is 0 Å². The first-order valence-electron chi connectivity index (χ1n) is 4.90. The number of benzene rings is 1. The van der Waals surface area contributed by atoms with E-state index in [0.29, 0.717) is 0 Å². The van der Waals surface area contributed by atoms with Gasteiger partial charge in [0.15, 0.2) is 0 Å². The molecule has 15 heavy (non-hydrogen) atoms. The standard InChI is InChI=1S/C11H15N3O/c1-13(8-15)6-9-3-4-11-10(5-9)12-7-14(11)2/h3-5,7,15H,6,8H2,1-2H3. The van der Waals surface area contributed by atoms with E-state index in [0.717, 1.165) is 23.1 Å². The summed E-state index contributed by atoms with van der Waals surface area (Å²) in [6.07, 6.45) is 1.81. The molecule has 4 nitrogen and oxygen atoms in total. The maximum Gasteiger partial charge on any atom is 0.0956 e. The molecule has 2 rings (SSSR count). The first-order valence-corrected chi connectivity index (χ1v) is 4.90. The Balaban J connectivity index is 2.31. The molecule has 0 radical (unpaired) electrons. The summed E-state index contributed by atoms with van der Waals surface area (Å²) < 4.78 is 1.99. The molecule has 4 heteroatoms. The largest absolute Gasteiger partial charge is 0.381 e. The summed E-state index contributed by atoms with van der Waals surface area (Å²) in [5.74, 6) is 0. The lowest BCUT2D eigenvalue weighted by Crippen LogP contribution is -2.18. The second-order valence-electron chi connectivity index (χ2n) is 3.83. The molecule has 0 aliphatic rings. The first-order chi connectivity index (χ1) is 7.20. The molecule has 0 spiro atoms. The Labute approximate surface area is 88.8 Å². The van der Waals surface area contributed by atoms with Gasteiger partial charge < -0.3 is 9.67 Å². The van der Waals surface area contributed by atoms with Crippen LogP contribution in [0.3, 0.4) is 0 Å². The van der Waals surface area contributed by atoms with Gasteiger partial charge >= 0.3 is 0 Å². The number of imidazole rings is 1. The van der Waals surface area contributed by atoms with Gasteiger partial charge in [0, 0.05) is 13.6 Å². The van der Waals surface area contributed by atoms with Crippen LogP contribution in [-0.2, 0) is 13.6 Å². The zero-order chi connectivity index (χ0) is 10.8. The molecule has 0 atom stereocenters. The van der Waals surface area contributed by atoms with Crippen molar-refractivity contribution in [3.05, 3.63) is 30.1 Å². The molecule has 0 unspecified atom stereocenters. The molecule has 2 aromatic rings. The van der Waals surface area contributed by atoms with Crippen molar-refractivity contribution >= 4 is 11.0 Å². The van der Waals surface area contributed by atoms with Crippen LogP contribution < -0.4 is 0 Å². The summed E-state index contributed by atoms with van der Waals surface area (Å²) in [7, 11) is 3.86. The van der Waals surface area contributed by atoms with E-state index in [-0.39, 0.29) is 6.73 Å². The quantitative estimate of drug-likeness (QED) is 0.759. The van der Waals surface area contributed by atoms with Gasteiger partial charge in [-0.15, -0.1) is 0 Å². The predicted octanol–water partition coefficient (Wildman–Crippen LogP) is 0.955. The Morgan fingerprint density at radius 1 is 1.47 bits per heavy atom. The molecule has 1 aromatic heterocycles. The van der Waals surface area contributed by atoms with E-state index in [1.165, 1.54) is 0 Å². The fourth-order valence-corrected chi connectivity index (χ4v) is 1.64. The van der Waals surface area contributed by atoms with E-state index in [1.807, 2.05) is 29.9 Å². The number of hydrogen-bond donors (Lipinski definition) is 1. The number of aliphatic hydroxyl groups is 1. The molecular formula is C11H15N3O. The summed E-state index contributed by atoms with van der Waals surface area (Å²) in [5.41, 5.74) is 3.30. The summed E-state index contributed by atoms with van der Waals surface area (Å²) >= 11 is 0. The van der Waals surface area contributed by atoms with Crippen molar-refractivity contribution < 1.29 is 5.11 Å². The highest BCUT2D eigenvalue weighted by atomic mass is 16.3. The lowest BCUT2D eigenvalue weighted by atomic mass is 10.2. The number of hydrogen-bond acceptors (Lipinski definition) is 3. The van der Waals surface area contributed by atoms with Crippen LogP contribution in [0, 0.1) is 0 Å². The molecule has 0 aliphatic heterocycles. The highest BCUT2D eigenvalue weighted by Crippen LogP contribution is 2.14. The fraction of sp³-hybridized carbons (Fsp3) is 0.364. The van der Waals surface area contributed by atoms with E-state index < -0.39 is 0 Å². The van der Waals surface area contributed by atoms with E-state index in [9.17, 15) is 0 Å². The van der Waals surface area contributed by atoms with Crippen molar-refractivity contribution in [2.75, 3.05) is 13.8 Å². The Bertz CT molecular complexity index is 464. The van der Waals surface area contributed by atoms with Crippen LogP contribution >= 0.6 is 0 Å². The number of nitrogens with zero attached hydrogens (tertiary/aromatic N) is 3. The van der Waals surface area contributed by atoms with Gasteiger partial charge in [-0.2, -0.15) is 0 Å². The SMILES string of the molecule is CN(CO)Cc1ccc2c(c1)ncn2C. The van der Waals surface area contributed by atoms with Crippen LogP contribution in [-0.4, -0.2) is 33.3 Å². The van der Waals surface area contributed by atoms with Gasteiger partial charge in [0.25, 0.3) is 0 Å². The molecular weight excluding hydrogens is 190 g/mol. The molecule has 0 aliphatic carbocycles. The smallest absolute Gasteiger partial charge is 0.0956 e. The summed E-state index contributed by atoms with van der Waals surface area (Å²) in [6.45, 7) is 0.809. The minimum absolute atomic E-state index is 0.0697. The van der Waals surface area contributed by atoms with Crippen molar-refractivity contribution in [2.45, 2.75) is 6.54 Å². The van der Waals surface area contributed by atoms with Gasteiger partial charge in [-0.3, -0.25) is 4.90 Å². The third-order valence-electron chi connectivity index (χ3n) is 2.48. The predicted molar refractivity (Wildman–Crippen MR) is 59.3 cm³/mol. The van der Waals surface area contributed by atoms with Gasteiger partial charge in [-0.25, -0.2) is 4.98 Å². The summed E-state index contributed by atoms with van der Waals surface area (Å²) in [6, 6.07) is 6.18. The third-order valence-corrected chi connectivity index (χ3v) is 2.48. The summed E-state index contributed by atoms with van der Waals surface area (Å²) in [4.78, 5) is 6.13. The van der Waals surface area contributed by atoms with Gasteiger partial charge in [-0.05, 0) is 24.7 Å². The highest BCUT2D eigenvalue weighted by molar-refractivity contribution is 5.75. The lowest BCUT2D eigenvalue weighted by Gasteiger charge is -2.12. The van der Waals surface area contributed by atoms with Gasteiger partial charge in [0.1, 0.15) is 0 Å². The van der Waals surface area contributed by atoms with Crippen molar-refractivity contribution in [3.63, 3.8) is 0 Å². The fourth-order valence-electron chi connectivity index (χ4n) is 1.64. The van der Waals surface area contributed by atoms with E-state index >= 15 is 0 Å². The zero-order valence-corrected chi connectivity index (χ0v) is 9.01. The Morgan fingerprint density at radius 3 is 3.00 bits per heavy atom. The number of rotatable bonds is 3. The molecule has 0 bridgehead atoms. The average Bonchev–Trinajstić information content (AvgIpc) is 2.60. The first kappa shape index (κ1) is 10.1. The molecule has 1 heterocycles. The van der Waals surface area contributed by atoms with Gasteiger partial charge in [-0.1, -0.05) is 6.07 Å². The highest BCUT2D eigenvalue weighted by Gasteiger charge is 2.02. The van der Waals surface area contributed by atoms with Crippen LogP contribution in [0.1, 0.15) is 5.56 Å². The number of aryl methyl sites for hydroxylation is 1. The maximum absolute atomic E-state index is 8.92. The Hall–Kier alpha value is -1.39. The Kier molecular flexibility index (Phi) is 2.70. The molecule has 1 aromatic carbocycles. The monoisotopic (exact) mass is 205 g/mol. The van der Waals surface area contributed by atoms with Crippen molar-refractivity contribution in [3.8, 4) is 0 Å². The second kappa shape index (κ2) is 4.00. The van der Waals surface area contributed by atoms with Crippen molar-refractivity contribution in [2.24, 2.45) is 7.05 Å². The summed E-state index contributed by atoms with van der Waals surface area (Å²) in [5, 5.41) is 8.92. The maximum atomic E-state index is 8.92. The molecule has 0 fully saturated rings. The minimum atomic E-state index is 0.0697. The minimum Gasteiger partial charge on any atom is -0.381 e. The molecule has 80 valence electrons. The molecule has 0 amide bonds. The molecule has 0 saturated heterocycles. The molecule has 1 N–H and O–H groups in total. The van der Waals surface area contributed by atoms with Crippen LogP contribution in [0.25, 0.3) is 11.0 Å². The number of aliphatic hydroxyl groups excluding tert-OH is 1. The Morgan fingerprint density at radius 2 is 2.27 bits per heavy atom. The van der Waals surface area contributed by atoms with Gasteiger partial charge in [0.05, 0.1) is 24.1 Å². The second-order valence-corrected chi connectivity index (χ2v) is 3.83. The molecule has 0 saturated carbocycles.